The summed E-state index contributed by atoms with van der Waals surface area (Å²) in [7, 11) is 3.93. The van der Waals surface area contributed by atoms with Gasteiger partial charge in [0.05, 0.1) is 24.2 Å². The van der Waals surface area contributed by atoms with Crippen LogP contribution in [0.1, 0.15) is 32.1 Å². The van der Waals surface area contributed by atoms with Gasteiger partial charge in [0.15, 0.2) is 0 Å². The van der Waals surface area contributed by atoms with Gasteiger partial charge in [0.1, 0.15) is 0 Å². The van der Waals surface area contributed by atoms with E-state index in [1.54, 1.807) is 0 Å². The van der Waals surface area contributed by atoms with Crippen molar-refractivity contribution in [2.24, 2.45) is 0 Å². The molecule has 15 heavy (non-hydrogen) atoms. The second-order valence-corrected chi connectivity index (χ2v) is 4.93. The molecule has 4 nitrogen and oxygen atoms in total. The van der Waals surface area contributed by atoms with E-state index in [0.29, 0.717) is 6.10 Å². The first-order valence-electron chi connectivity index (χ1n) is 5.59. The van der Waals surface area contributed by atoms with E-state index in [0.717, 1.165) is 25.7 Å². The molecular formula is C11H19NO3. The Balaban J connectivity index is 2.21. The average molecular weight is 213 g/mol. The van der Waals surface area contributed by atoms with Crippen molar-refractivity contribution in [3.05, 3.63) is 0 Å². The maximum Gasteiger partial charge on any atom is 0.305 e. The molecule has 2 fully saturated rings. The number of rotatable bonds is 3. The summed E-state index contributed by atoms with van der Waals surface area (Å²) in [6.07, 6.45) is 4.75. The van der Waals surface area contributed by atoms with Gasteiger partial charge < -0.3 is 14.7 Å². The first kappa shape index (κ1) is 10.9. The number of carboxylic acids is 1. The average Bonchev–Trinajstić information content (AvgIpc) is 2.54. The van der Waals surface area contributed by atoms with Crippen molar-refractivity contribution in [3.63, 3.8) is 0 Å². The van der Waals surface area contributed by atoms with Crippen molar-refractivity contribution in [2.75, 3.05) is 14.1 Å². The third-order valence-corrected chi connectivity index (χ3v) is 3.95. The van der Waals surface area contributed by atoms with Gasteiger partial charge in [0.25, 0.3) is 0 Å². The molecule has 0 aromatic carbocycles. The lowest BCUT2D eigenvalue weighted by atomic mass is 9.81. The highest BCUT2D eigenvalue weighted by molar-refractivity contribution is 5.68. The zero-order valence-electron chi connectivity index (χ0n) is 9.40. The molecular weight excluding hydrogens is 194 g/mol. The Labute approximate surface area is 90.2 Å². The van der Waals surface area contributed by atoms with E-state index in [-0.39, 0.29) is 18.1 Å². The summed E-state index contributed by atoms with van der Waals surface area (Å²) < 4.78 is 5.87. The number of ether oxygens (including phenoxy) is 1. The fourth-order valence-electron chi connectivity index (χ4n) is 3.02. The Hall–Kier alpha value is -0.610. The highest BCUT2D eigenvalue weighted by Crippen LogP contribution is 2.43. The lowest BCUT2D eigenvalue weighted by molar-refractivity contribution is -0.149. The first-order valence-corrected chi connectivity index (χ1v) is 5.59. The zero-order chi connectivity index (χ0) is 11.1. The summed E-state index contributed by atoms with van der Waals surface area (Å²) in [5.41, 5.74) is -0.279. The van der Waals surface area contributed by atoms with Crippen LogP contribution < -0.4 is 0 Å². The molecule has 2 saturated heterocycles. The van der Waals surface area contributed by atoms with Crippen molar-refractivity contribution in [3.8, 4) is 0 Å². The Kier molecular flexibility index (Phi) is 2.73. The standard InChI is InChI=1S/C11H19NO3/c1-12(2)11(7-10(13)14)6-5-8-3-4-9(11)15-8/h8-9H,3-7H2,1-2H3,(H,13,14). The van der Waals surface area contributed by atoms with Crippen molar-refractivity contribution in [1.29, 1.82) is 0 Å². The summed E-state index contributed by atoms with van der Waals surface area (Å²) >= 11 is 0. The molecule has 3 unspecified atom stereocenters. The van der Waals surface area contributed by atoms with Crippen LogP contribution in [-0.2, 0) is 9.53 Å². The smallest absolute Gasteiger partial charge is 0.305 e. The van der Waals surface area contributed by atoms with E-state index in [4.69, 9.17) is 9.84 Å². The number of hydrogen-bond acceptors (Lipinski definition) is 3. The van der Waals surface area contributed by atoms with Crippen molar-refractivity contribution < 1.29 is 14.6 Å². The molecule has 4 heteroatoms. The Morgan fingerprint density at radius 1 is 1.47 bits per heavy atom. The van der Waals surface area contributed by atoms with E-state index in [1.165, 1.54) is 0 Å². The maximum atomic E-state index is 11.0. The SMILES string of the molecule is CN(C)C1(CC(=O)O)CCC2CCC1O2. The highest BCUT2D eigenvalue weighted by Gasteiger charge is 2.50. The largest absolute Gasteiger partial charge is 0.481 e. The normalized spacial score (nSPS) is 39.7. The lowest BCUT2D eigenvalue weighted by Crippen LogP contribution is -2.57. The number of aliphatic carboxylic acids is 1. The zero-order valence-corrected chi connectivity index (χ0v) is 9.40. The number of likely N-dealkylation sites (N-methyl/N-ethyl adjacent to an activating group) is 1. The van der Waals surface area contributed by atoms with E-state index in [9.17, 15) is 4.79 Å². The second kappa shape index (κ2) is 3.76. The molecule has 0 saturated carbocycles. The van der Waals surface area contributed by atoms with Gasteiger partial charge in [-0.25, -0.2) is 0 Å². The minimum Gasteiger partial charge on any atom is -0.481 e. The predicted octanol–water partition coefficient (Wildman–Crippen LogP) is 1.10. The molecule has 3 atom stereocenters. The van der Waals surface area contributed by atoms with Crippen LogP contribution in [0.5, 0.6) is 0 Å². The molecule has 0 amide bonds. The molecule has 86 valence electrons. The molecule has 0 aromatic heterocycles. The Morgan fingerprint density at radius 2 is 2.20 bits per heavy atom. The van der Waals surface area contributed by atoms with E-state index in [2.05, 4.69) is 0 Å². The fourth-order valence-corrected chi connectivity index (χ4v) is 3.02. The summed E-state index contributed by atoms with van der Waals surface area (Å²) in [5, 5.41) is 9.02. The van der Waals surface area contributed by atoms with Gasteiger partial charge >= 0.3 is 5.97 Å². The molecule has 0 aliphatic carbocycles. The third kappa shape index (κ3) is 1.76. The summed E-state index contributed by atoms with van der Waals surface area (Å²) in [5.74, 6) is -0.724. The van der Waals surface area contributed by atoms with Gasteiger partial charge in [0.2, 0.25) is 0 Å². The lowest BCUT2D eigenvalue weighted by Gasteiger charge is -2.46. The predicted molar refractivity (Wildman–Crippen MR) is 55.8 cm³/mol. The van der Waals surface area contributed by atoms with E-state index < -0.39 is 5.97 Å². The molecule has 2 aliphatic heterocycles. The number of carboxylic acid groups (broad SMARTS) is 1. The van der Waals surface area contributed by atoms with Crippen molar-refractivity contribution >= 4 is 5.97 Å². The molecule has 1 N–H and O–H groups in total. The first-order chi connectivity index (χ1) is 7.04. The molecule has 2 aliphatic rings. The van der Waals surface area contributed by atoms with Crippen molar-refractivity contribution in [2.45, 2.75) is 49.9 Å². The number of nitrogens with zero attached hydrogens (tertiary/aromatic N) is 1. The molecule has 0 spiro atoms. The van der Waals surface area contributed by atoms with Gasteiger partial charge in [0, 0.05) is 0 Å². The number of carbonyl (C=O) groups is 1. The van der Waals surface area contributed by atoms with Gasteiger partial charge in [-0.3, -0.25) is 4.79 Å². The van der Waals surface area contributed by atoms with Gasteiger partial charge in [-0.15, -0.1) is 0 Å². The molecule has 2 bridgehead atoms. The quantitative estimate of drug-likeness (QED) is 0.762. The van der Waals surface area contributed by atoms with Crippen LogP contribution in [0.2, 0.25) is 0 Å². The van der Waals surface area contributed by atoms with Gasteiger partial charge in [-0.05, 0) is 39.8 Å². The van der Waals surface area contributed by atoms with Crippen LogP contribution in [-0.4, -0.2) is 47.8 Å². The molecule has 0 aromatic rings. The molecule has 2 heterocycles. The van der Waals surface area contributed by atoms with Crippen LogP contribution in [0.3, 0.4) is 0 Å². The minimum atomic E-state index is -0.724. The highest BCUT2D eigenvalue weighted by atomic mass is 16.5. The van der Waals surface area contributed by atoms with Crippen LogP contribution in [0.15, 0.2) is 0 Å². The second-order valence-electron chi connectivity index (χ2n) is 4.93. The summed E-state index contributed by atoms with van der Waals surface area (Å²) in [6.45, 7) is 0. The van der Waals surface area contributed by atoms with Gasteiger partial charge in [-0.1, -0.05) is 0 Å². The minimum absolute atomic E-state index is 0.113. The maximum absolute atomic E-state index is 11.0. The Bertz CT molecular complexity index is 267. The summed E-state index contributed by atoms with van der Waals surface area (Å²) in [6, 6.07) is 0. The molecule has 2 rings (SSSR count). The topological polar surface area (TPSA) is 49.8 Å². The van der Waals surface area contributed by atoms with Gasteiger partial charge in [-0.2, -0.15) is 0 Å². The van der Waals surface area contributed by atoms with Crippen LogP contribution in [0, 0.1) is 0 Å². The van der Waals surface area contributed by atoms with E-state index in [1.807, 2.05) is 19.0 Å². The van der Waals surface area contributed by atoms with E-state index >= 15 is 0 Å². The number of fused-ring (bicyclic) bond motifs is 2. The van der Waals surface area contributed by atoms with Crippen LogP contribution in [0.25, 0.3) is 0 Å². The van der Waals surface area contributed by atoms with Crippen LogP contribution in [0.4, 0.5) is 0 Å². The monoisotopic (exact) mass is 213 g/mol. The third-order valence-electron chi connectivity index (χ3n) is 3.95. The van der Waals surface area contributed by atoms with Crippen LogP contribution >= 0.6 is 0 Å². The molecule has 0 radical (unpaired) electrons. The number of hydrogen-bond donors (Lipinski definition) is 1. The summed E-state index contributed by atoms with van der Waals surface area (Å²) in [4.78, 5) is 13.0. The fraction of sp³-hybridized carbons (Fsp3) is 0.909. The Morgan fingerprint density at radius 3 is 2.80 bits per heavy atom. The van der Waals surface area contributed by atoms with Crippen molar-refractivity contribution in [1.82, 2.24) is 4.90 Å².